The van der Waals surface area contributed by atoms with Crippen LogP contribution in [0, 0.1) is 0 Å². The third kappa shape index (κ3) is 1.97. The molecule has 0 radical (unpaired) electrons. The number of carbonyl (C=O) groups excluding carboxylic acids is 2. The Labute approximate surface area is 99.1 Å². The second kappa shape index (κ2) is 4.47. The van der Waals surface area contributed by atoms with Crippen molar-refractivity contribution in [3.63, 3.8) is 0 Å². The van der Waals surface area contributed by atoms with Gasteiger partial charge in [-0.1, -0.05) is 36.4 Å². The highest BCUT2D eigenvalue weighted by molar-refractivity contribution is 6.24. The Morgan fingerprint density at radius 2 is 1.82 bits per heavy atom. The first kappa shape index (κ1) is 11.5. The summed E-state index contributed by atoms with van der Waals surface area (Å²) >= 11 is 0. The monoisotopic (exact) mass is 228 g/mol. The number of rotatable bonds is 2. The van der Waals surface area contributed by atoms with E-state index < -0.39 is 6.10 Å². The van der Waals surface area contributed by atoms with Crippen LogP contribution in [0.5, 0.6) is 0 Å². The standard InChI is InChI=1S/C14H12O3/c1-2-5-12(15)11-8-13(16)9-6-3-4-7-10(9)14(11)17/h2-8,12,15H,1H3/b5-2+/t12-/m1/s1. The van der Waals surface area contributed by atoms with Crippen molar-refractivity contribution in [1.82, 2.24) is 0 Å². The average Bonchev–Trinajstić information content (AvgIpc) is 2.34. The Kier molecular flexibility index (Phi) is 3.02. The van der Waals surface area contributed by atoms with Gasteiger partial charge in [0.1, 0.15) is 6.10 Å². The number of carbonyl (C=O) groups is 2. The predicted octanol–water partition coefficient (Wildman–Crippen LogP) is 1.93. The van der Waals surface area contributed by atoms with Crippen LogP contribution in [0.15, 0.2) is 48.1 Å². The molecule has 0 spiro atoms. The molecule has 2 rings (SSSR count). The van der Waals surface area contributed by atoms with Crippen LogP contribution in [-0.2, 0) is 0 Å². The summed E-state index contributed by atoms with van der Waals surface area (Å²) in [6, 6.07) is 6.63. The van der Waals surface area contributed by atoms with Gasteiger partial charge in [0.15, 0.2) is 11.6 Å². The third-order valence-electron chi connectivity index (χ3n) is 2.68. The number of benzene rings is 1. The molecule has 0 heterocycles. The number of hydrogen-bond donors (Lipinski definition) is 1. The van der Waals surface area contributed by atoms with Crippen molar-refractivity contribution < 1.29 is 14.7 Å². The fourth-order valence-electron chi connectivity index (χ4n) is 1.84. The van der Waals surface area contributed by atoms with Crippen LogP contribution in [0.3, 0.4) is 0 Å². The first-order valence-corrected chi connectivity index (χ1v) is 5.35. The number of hydrogen-bond acceptors (Lipinski definition) is 3. The maximum atomic E-state index is 12.1. The van der Waals surface area contributed by atoms with Crippen molar-refractivity contribution in [2.45, 2.75) is 13.0 Å². The highest BCUT2D eigenvalue weighted by Crippen LogP contribution is 2.23. The van der Waals surface area contributed by atoms with E-state index in [2.05, 4.69) is 0 Å². The molecule has 1 N–H and O–H groups in total. The molecule has 0 amide bonds. The predicted molar refractivity (Wildman–Crippen MR) is 64.0 cm³/mol. The number of ketones is 2. The highest BCUT2D eigenvalue weighted by atomic mass is 16.3. The van der Waals surface area contributed by atoms with E-state index in [1.54, 1.807) is 37.3 Å². The van der Waals surface area contributed by atoms with E-state index in [-0.39, 0.29) is 17.1 Å². The zero-order valence-electron chi connectivity index (χ0n) is 9.38. The molecule has 1 aromatic carbocycles. The van der Waals surface area contributed by atoms with E-state index in [0.717, 1.165) is 0 Å². The van der Waals surface area contributed by atoms with Gasteiger partial charge in [0.05, 0.1) is 0 Å². The smallest absolute Gasteiger partial charge is 0.192 e. The number of allylic oxidation sites excluding steroid dienone is 2. The Hall–Kier alpha value is -2.00. The highest BCUT2D eigenvalue weighted by Gasteiger charge is 2.27. The van der Waals surface area contributed by atoms with Crippen LogP contribution < -0.4 is 0 Å². The second-order valence-corrected chi connectivity index (χ2v) is 3.81. The summed E-state index contributed by atoms with van der Waals surface area (Å²) in [7, 11) is 0. The molecule has 0 fully saturated rings. The fraction of sp³-hybridized carbons (Fsp3) is 0.143. The molecule has 86 valence electrons. The lowest BCUT2D eigenvalue weighted by Crippen LogP contribution is -2.23. The minimum absolute atomic E-state index is 0.131. The maximum absolute atomic E-state index is 12.1. The molecule has 0 aromatic heterocycles. The molecule has 3 nitrogen and oxygen atoms in total. The largest absolute Gasteiger partial charge is 0.384 e. The average molecular weight is 228 g/mol. The summed E-state index contributed by atoms with van der Waals surface area (Å²) in [4.78, 5) is 23.9. The zero-order valence-corrected chi connectivity index (χ0v) is 9.38. The van der Waals surface area contributed by atoms with Crippen LogP contribution in [0.4, 0.5) is 0 Å². The van der Waals surface area contributed by atoms with Gasteiger partial charge in [-0.2, -0.15) is 0 Å². The van der Waals surface area contributed by atoms with Crippen LogP contribution in [0.1, 0.15) is 27.6 Å². The topological polar surface area (TPSA) is 54.4 Å². The zero-order chi connectivity index (χ0) is 12.4. The van der Waals surface area contributed by atoms with Crippen molar-refractivity contribution in [2.24, 2.45) is 0 Å². The van der Waals surface area contributed by atoms with Crippen molar-refractivity contribution in [3.8, 4) is 0 Å². The van der Waals surface area contributed by atoms with Gasteiger partial charge >= 0.3 is 0 Å². The molecule has 0 saturated carbocycles. The maximum Gasteiger partial charge on any atom is 0.192 e. The minimum Gasteiger partial charge on any atom is -0.384 e. The fourth-order valence-corrected chi connectivity index (χ4v) is 1.84. The lowest BCUT2D eigenvalue weighted by Gasteiger charge is -2.16. The molecule has 1 aliphatic carbocycles. The first-order valence-electron chi connectivity index (χ1n) is 5.35. The number of aliphatic hydroxyl groups is 1. The summed E-state index contributed by atoms with van der Waals surface area (Å²) in [6.07, 6.45) is 3.31. The van der Waals surface area contributed by atoms with Gasteiger partial charge in [0, 0.05) is 16.7 Å². The number of aliphatic hydroxyl groups excluding tert-OH is 1. The van der Waals surface area contributed by atoms with Crippen LogP contribution in [0.25, 0.3) is 0 Å². The van der Waals surface area contributed by atoms with Crippen LogP contribution >= 0.6 is 0 Å². The molecule has 1 aromatic rings. The molecule has 0 unspecified atom stereocenters. The summed E-state index contributed by atoms with van der Waals surface area (Å²) in [6.45, 7) is 1.74. The van der Waals surface area contributed by atoms with Gasteiger partial charge < -0.3 is 5.11 Å². The molecular weight excluding hydrogens is 216 g/mol. The van der Waals surface area contributed by atoms with Gasteiger partial charge in [-0.05, 0) is 13.0 Å². The first-order chi connectivity index (χ1) is 8.15. The van der Waals surface area contributed by atoms with E-state index in [9.17, 15) is 14.7 Å². The molecule has 0 saturated heterocycles. The summed E-state index contributed by atoms with van der Waals surface area (Å²) in [5, 5.41) is 9.76. The van der Waals surface area contributed by atoms with Crippen LogP contribution in [0.2, 0.25) is 0 Å². The Morgan fingerprint density at radius 1 is 1.18 bits per heavy atom. The molecule has 17 heavy (non-hydrogen) atoms. The summed E-state index contributed by atoms with van der Waals surface area (Å²) in [5.41, 5.74) is 0.888. The van der Waals surface area contributed by atoms with Gasteiger partial charge in [0.25, 0.3) is 0 Å². The van der Waals surface area contributed by atoms with Crippen molar-refractivity contribution >= 4 is 11.6 Å². The molecule has 3 heteroatoms. The Morgan fingerprint density at radius 3 is 2.47 bits per heavy atom. The number of fused-ring (bicyclic) bond motifs is 1. The van der Waals surface area contributed by atoms with Gasteiger partial charge in [0.2, 0.25) is 0 Å². The van der Waals surface area contributed by atoms with Crippen molar-refractivity contribution in [1.29, 1.82) is 0 Å². The van der Waals surface area contributed by atoms with E-state index in [1.165, 1.54) is 12.2 Å². The van der Waals surface area contributed by atoms with Gasteiger partial charge in [-0.15, -0.1) is 0 Å². The third-order valence-corrected chi connectivity index (χ3v) is 2.68. The SMILES string of the molecule is C/C=C/[C@@H](O)C1=CC(=O)c2ccccc2C1=O. The molecular formula is C14H12O3. The Balaban J connectivity index is 2.48. The quantitative estimate of drug-likeness (QED) is 0.787. The second-order valence-electron chi connectivity index (χ2n) is 3.81. The molecule has 0 bridgehead atoms. The number of Topliss-reactive ketones (excluding diaryl/α,β-unsaturated/α-hetero) is 1. The summed E-state index contributed by atoms with van der Waals surface area (Å²) < 4.78 is 0. The Bertz CT molecular complexity index is 538. The van der Waals surface area contributed by atoms with E-state index >= 15 is 0 Å². The lowest BCUT2D eigenvalue weighted by molar-refractivity contribution is 0.0960. The van der Waals surface area contributed by atoms with Crippen molar-refractivity contribution in [3.05, 3.63) is 59.2 Å². The van der Waals surface area contributed by atoms with Crippen molar-refractivity contribution in [2.75, 3.05) is 0 Å². The normalized spacial score (nSPS) is 16.9. The molecule has 1 atom stereocenters. The van der Waals surface area contributed by atoms with E-state index in [1.807, 2.05) is 0 Å². The van der Waals surface area contributed by atoms with E-state index in [0.29, 0.717) is 11.1 Å². The van der Waals surface area contributed by atoms with Gasteiger partial charge in [-0.3, -0.25) is 9.59 Å². The van der Waals surface area contributed by atoms with E-state index in [4.69, 9.17) is 0 Å². The minimum atomic E-state index is -1.02. The van der Waals surface area contributed by atoms with Gasteiger partial charge in [-0.25, -0.2) is 0 Å². The molecule has 0 aliphatic heterocycles. The van der Waals surface area contributed by atoms with Crippen LogP contribution in [-0.4, -0.2) is 22.8 Å². The summed E-state index contributed by atoms with van der Waals surface area (Å²) in [5.74, 6) is -0.524. The molecule has 1 aliphatic rings. The lowest BCUT2D eigenvalue weighted by atomic mass is 9.87.